The molecule has 34 heavy (non-hydrogen) atoms. The zero-order valence-electron chi connectivity index (χ0n) is 19.4. The molecule has 3 aliphatic rings. The number of amides is 1. The highest BCUT2D eigenvalue weighted by Gasteiger charge is 2.38. The summed E-state index contributed by atoms with van der Waals surface area (Å²) in [6.45, 7) is 7.53. The number of morpholine rings is 1. The van der Waals surface area contributed by atoms with E-state index in [0.29, 0.717) is 23.9 Å². The molecule has 2 aromatic heterocycles. The van der Waals surface area contributed by atoms with Crippen molar-refractivity contribution in [1.29, 1.82) is 0 Å². The molecule has 0 spiro atoms. The fraction of sp³-hybridized carbons (Fsp3) is 0.440. The van der Waals surface area contributed by atoms with Crippen LogP contribution in [-0.4, -0.2) is 56.6 Å². The molecule has 6 rings (SSSR count). The molecule has 7 nitrogen and oxygen atoms in total. The van der Waals surface area contributed by atoms with Crippen molar-refractivity contribution in [1.82, 2.24) is 19.7 Å². The summed E-state index contributed by atoms with van der Waals surface area (Å²) in [6.07, 6.45) is 2.63. The van der Waals surface area contributed by atoms with Gasteiger partial charge in [-0.2, -0.15) is 0 Å². The predicted molar refractivity (Wildman–Crippen MR) is 132 cm³/mol. The maximum absolute atomic E-state index is 13.5. The highest BCUT2D eigenvalue weighted by Crippen LogP contribution is 2.40. The van der Waals surface area contributed by atoms with Gasteiger partial charge in [-0.1, -0.05) is 23.7 Å². The Morgan fingerprint density at radius 1 is 1.12 bits per heavy atom. The fourth-order valence-corrected chi connectivity index (χ4v) is 6.59. The number of carbonyl (C=O) groups excluding carboxylic acids is 1. The average molecular weight is 496 g/mol. The molecule has 5 heterocycles. The molecule has 0 aliphatic carbocycles. The molecule has 3 aromatic rings. The number of carbonyl (C=O) groups is 1. The average Bonchev–Trinajstić information content (AvgIpc) is 3.43. The van der Waals surface area contributed by atoms with Gasteiger partial charge in [0.05, 0.1) is 24.3 Å². The highest BCUT2D eigenvalue weighted by atomic mass is 35.5. The summed E-state index contributed by atoms with van der Waals surface area (Å²) in [6, 6.07) is 7.32. The molecule has 1 aromatic carbocycles. The first-order valence-corrected chi connectivity index (χ1v) is 12.9. The zero-order valence-corrected chi connectivity index (χ0v) is 21.0. The molecule has 0 saturated carbocycles. The van der Waals surface area contributed by atoms with Crippen molar-refractivity contribution in [3.63, 3.8) is 0 Å². The molecule has 3 atom stereocenters. The van der Waals surface area contributed by atoms with Gasteiger partial charge in [-0.25, -0.2) is 0 Å². The molecule has 2 bridgehead atoms. The van der Waals surface area contributed by atoms with Crippen molar-refractivity contribution < 1.29 is 9.53 Å². The van der Waals surface area contributed by atoms with Crippen LogP contribution in [0.5, 0.6) is 0 Å². The van der Waals surface area contributed by atoms with Gasteiger partial charge in [-0.3, -0.25) is 14.4 Å². The summed E-state index contributed by atoms with van der Waals surface area (Å²) in [5, 5.41) is 10.6. The molecular weight excluding hydrogens is 470 g/mol. The van der Waals surface area contributed by atoms with Crippen LogP contribution in [0.25, 0.3) is 5.00 Å². The molecule has 3 aliphatic heterocycles. The zero-order chi connectivity index (χ0) is 23.6. The second kappa shape index (κ2) is 8.29. The standard InChI is InChI=1S/C25H26ClN5O2S/c1-13-14(2)34-25-22(13)23(16-4-6-17(26)7-5-16)27-20(24-29-28-15(3)31(24)25)10-21(32)30-11-18-8-9-19(12-30)33-18/h4-7,18-20H,8-12H2,1-3H3/t18?,19?,20-/m0/s1. The van der Waals surface area contributed by atoms with E-state index in [2.05, 4.69) is 28.6 Å². The smallest absolute Gasteiger partial charge is 0.225 e. The Balaban J connectivity index is 1.45. The second-order valence-electron chi connectivity index (χ2n) is 9.36. The van der Waals surface area contributed by atoms with E-state index in [9.17, 15) is 4.79 Å². The van der Waals surface area contributed by atoms with Gasteiger partial charge in [0.2, 0.25) is 5.91 Å². The molecule has 2 saturated heterocycles. The number of aryl methyl sites for hydroxylation is 2. The van der Waals surface area contributed by atoms with Crippen LogP contribution >= 0.6 is 22.9 Å². The minimum absolute atomic E-state index is 0.0924. The van der Waals surface area contributed by atoms with Gasteiger partial charge in [0, 0.05) is 34.1 Å². The first kappa shape index (κ1) is 21.9. The molecule has 2 fully saturated rings. The quantitative estimate of drug-likeness (QED) is 0.533. The number of fused-ring (bicyclic) bond motifs is 5. The van der Waals surface area contributed by atoms with Crippen molar-refractivity contribution in [3.8, 4) is 5.00 Å². The molecular formula is C25H26ClN5O2S. The monoisotopic (exact) mass is 495 g/mol. The number of aromatic nitrogens is 3. The van der Waals surface area contributed by atoms with Crippen LogP contribution in [0, 0.1) is 20.8 Å². The molecule has 176 valence electrons. The number of benzene rings is 1. The third-order valence-electron chi connectivity index (χ3n) is 7.12. The lowest BCUT2D eigenvalue weighted by Crippen LogP contribution is -2.46. The van der Waals surface area contributed by atoms with E-state index in [-0.39, 0.29) is 24.5 Å². The van der Waals surface area contributed by atoms with Gasteiger partial charge in [0.15, 0.2) is 5.82 Å². The first-order valence-electron chi connectivity index (χ1n) is 11.7. The number of hydrogen-bond donors (Lipinski definition) is 0. The Bertz CT molecular complexity index is 1300. The lowest BCUT2D eigenvalue weighted by atomic mass is 9.99. The Morgan fingerprint density at radius 2 is 1.82 bits per heavy atom. The number of nitrogens with zero attached hydrogens (tertiary/aromatic N) is 5. The Hall–Kier alpha value is -2.55. The van der Waals surface area contributed by atoms with Gasteiger partial charge in [-0.15, -0.1) is 21.5 Å². The summed E-state index contributed by atoms with van der Waals surface area (Å²) in [4.78, 5) is 21.9. The summed E-state index contributed by atoms with van der Waals surface area (Å²) in [5.41, 5.74) is 4.11. The number of halogens is 1. The van der Waals surface area contributed by atoms with Gasteiger partial charge in [-0.05, 0) is 51.3 Å². The largest absolute Gasteiger partial charge is 0.371 e. The highest BCUT2D eigenvalue weighted by molar-refractivity contribution is 7.15. The van der Waals surface area contributed by atoms with Crippen LogP contribution in [0.3, 0.4) is 0 Å². The summed E-state index contributed by atoms with van der Waals surface area (Å²) < 4.78 is 8.02. The molecule has 0 N–H and O–H groups in total. The van der Waals surface area contributed by atoms with Crippen LogP contribution in [0.4, 0.5) is 0 Å². The first-order chi connectivity index (χ1) is 16.4. The summed E-state index contributed by atoms with van der Waals surface area (Å²) in [7, 11) is 0. The maximum atomic E-state index is 13.5. The van der Waals surface area contributed by atoms with E-state index in [1.807, 2.05) is 36.1 Å². The van der Waals surface area contributed by atoms with Gasteiger partial charge in [0.25, 0.3) is 0 Å². The van der Waals surface area contributed by atoms with Crippen LogP contribution in [-0.2, 0) is 9.53 Å². The summed E-state index contributed by atoms with van der Waals surface area (Å²) in [5.74, 6) is 1.61. The Morgan fingerprint density at radius 3 is 2.53 bits per heavy atom. The Kier molecular flexibility index (Phi) is 5.35. The summed E-state index contributed by atoms with van der Waals surface area (Å²) >= 11 is 7.90. The van der Waals surface area contributed by atoms with E-state index in [4.69, 9.17) is 21.3 Å². The maximum Gasteiger partial charge on any atom is 0.225 e. The normalized spacial score (nSPS) is 23.4. The van der Waals surface area contributed by atoms with Gasteiger partial charge in [0.1, 0.15) is 16.9 Å². The lowest BCUT2D eigenvalue weighted by Gasteiger charge is -2.32. The molecule has 9 heteroatoms. The number of hydrogen-bond acceptors (Lipinski definition) is 6. The number of rotatable bonds is 3. The number of thiophene rings is 1. The topological polar surface area (TPSA) is 72.6 Å². The SMILES string of the molecule is Cc1sc2c(c1C)C(c1ccc(Cl)cc1)=N[C@@H](CC(=O)N1CC3CCC(C1)O3)c1nnc(C)n1-2. The van der Waals surface area contributed by atoms with Crippen molar-refractivity contribution in [2.45, 2.75) is 58.3 Å². The number of ether oxygens (including phenoxy) is 1. The number of likely N-dealkylation sites (tertiary alicyclic amines) is 1. The van der Waals surface area contributed by atoms with E-state index < -0.39 is 6.04 Å². The van der Waals surface area contributed by atoms with Crippen LogP contribution in [0.2, 0.25) is 5.02 Å². The lowest BCUT2D eigenvalue weighted by molar-refractivity contribution is -0.140. The Labute approximate surface area is 207 Å². The van der Waals surface area contributed by atoms with Crippen molar-refractivity contribution >= 4 is 34.6 Å². The molecule has 2 unspecified atom stereocenters. The van der Waals surface area contributed by atoms with E-state index in [1.165, 1.54) is 10.4 Å². The van der Waals surface area contributed by atoms with Crippen molar-refractivity contribution in [2.75, 3.05) is 13.1 Å². The third kappa shape index (κ3) is 3.59. The van der Waals surface area contributed by atoms with Crippen molar-refractivity contribution in [2.24, 2.45) is 4.99 Å². The predicted octanol–water partition coefficient (Wildman–Crippen LogP) is 4.58. The van der Waals surface area contributed by atoms with Crippen molar-refractivity contribution in [3.05, 3.63) is 62.5 Å². The van der Waals surface area contributed by atoms with Crippen LogP contribution < -0.4 is 0 Å². The fourth-order valence-electron chi connectivity index (χ4n) is 5.25. The van der Waals surface area contributed by atoms with Gasteiger partial charge >= 0.3 is 0 Å². The molecule has 1 amide bonds. The minimum atomic E-state index is -0.431. The van der Waals surface area contributed by atoms with E-state index in [0.717, 1.165) is 40.5 Å². The third-order valence-corrected chi connectivity index (χ3v) is 8.57. The second-order valence-corrected chi connectivity index (χ2v) is 11.0. The van der Waals surface area contributed by atoms with E-state index >= 15 is 0 Å². The molecule has 0 radical (unpaired) electrons. The number of aliphatic imine (C=N–C) groups is 1. The van der Waals surface area contributed by atoms with Crippen LogP contribution in [0.1, 0.15) is 58.5 Å². The van der Waals surface area contributed by atoms with E-state index in [1.54, 1.807) is 11.3 Å². The van der Waals surface area contributed by atoms with Gasteiger partial charge < -0.3 is 9.64 Å². The van der Waals surface area contributed by atoms with Crippen LogP contribution in [0.15, 0.2) is 29.3 Å². The minimum Gasteiger partial charge on any atom is -0.371 e.